The molecule has 0 radical (unpaired) electrons. The van der Waals surface area contributed by atoms with Crippen molar-refractivity contribution in [2.45, 2.75) is 40.0 Å². The van der Waals surface area contributed by atoms with Crippen molar-refractivity contribution >= 4 is 17.5 Å². The Hall–Kier alpha value is -2.82. The van der Waals surface area contributed by atoms with Crippen LogP contribution in [0.1, 0.15) is 50.5 Å². The van der Waals surface area contributed by atoms with Crippen LogP contribution in [0.15, 0.2) is 48.5 Å². The van der Waals surface area contributed by atoms with Gasteiger partial charge in [-0.1, -0.05) is 32.9 Å². The smallest absolute Gasteiger partial charge is 0.262 e. The van der Waals surface area contributed by atoms with E-state index in [1.165, 1.54) is 5.56 Å². The molecule has 0 aliphatic carbocycles. The number of rotatable bonds is 7. The lowest BCUT2D eigenvalue weighted by atomic mass is 9.87. The van der Waals surface area contributed by atoms with Gasteiger partial charge >= 0.3 is 0 Å². The van der Waals surface area contributed by atoms with Gasteiger partial charge < -0.3 is 15.0 Å². The Bertz CT molecular complexity index is 786. The number of amides is 2. The molecule has 2 amide bonds. The molecule has 1 N–H and O–H groups in total. The lowest BCUT2D eigenvalue weighted by molar-refractivity contribution is -0.118. The predicted molar refractivity (Wildman–Crippen MR) is 113 cm³/mol. The second kappa shape index (κ2) is 9.40. The number of carbonyl (C=O) groups is 2. The zero-order valence-corrected chi connectivity index (χ0v) is 17.4. The van der Waals surface area contributed by atoms with Crippen molar-refractivity contribution in [3.8, 4) is 5.75 Å². The Balaban J connectivity index is 1.88. The highest BCUT2D eigenvalue weighted by Gasteiger charge is 2.14. The van der Waals surface area contributed by atoms with Crippen molar-refractivity contribution in [2.24, 2.45) is 0 Å². The number of nitrogens with one attached hydrogen (secondary N) is 1. The van der Waals surface area contributed by atoms with E-state index < -0.39 is 0 Å². The average Bonchev–Trinajstić information content (AvgIpc) is 2.67. The molecule has 0 fully saturated rings. The maximum absolute atomic E-state index is 12.3. The van der Waals surface area contributed by atoms with Gasteiger partial charge in [0.05, 0.1) is 0 Å². The Kier molecular flexibility index (Phi) is 7.21. The van der Waals surface area contributed by atoms with E-state index in [1.54, 1.807) is 29.2 Å². The summed E-state index contributed by atoms with van der Waals surface area (Å²) in [6.45, 7) is 11.6. The first-order valence-corrected chi connectivity index (χ1v) is 9.67. The molecule has 5 nitrogen and oxygen atoms in total. The average molecular weight is 383 g/mol. The third-order valence-corrected chi connectivity index (χ3v) is 4.56. The molecule has 0 aliphatic heterocycles. The van der Waals surface area contributed by atoms with Crippen LogP contribution >= 0.6 is 0 Å². The van der Waals surface area contributed by atoms with Gasteiger partial charge in [0.1, 0.15) is 5.75 Å². The fourth-order valence-electron chi connectivity index (χ4n) is 2.79. The van der Waals surface area contributed by atoms with Crippen molar-refractivity contribution in [3.63, 3.8) is 0 Å². The largest absolute Gasteiger partial charge is 0.484 e. The molecule has 150 valence electrons. The monoisotopic (exact) mass is 382 g/mol. The molecule has 0 saturated carbocycles. The molecule has 0 saturated heterocycles. The zero-order chi connectivity index (χ0) is 20.7. The second-order valence-corrected chi connectivity index (χ2v) is 7.67. The van der Waals surface area contributed by atoms with E-state index in [1.807, 2.05) is 38.1 Å². The van der Waals surface area contributed by atoms with E-state index in [4.69, 9.17) is 4.74 Å². The van der Waals surface area contributed by atoms with E-state index >= 15 is 0 Å². The summed E-state index contributed by atoms with van der Waals surface area (Å²) in [5.74, 6) is 0.399. The van der Waals surface area contributed by atoms with Gasteiger partial charge in [0.25, 0.3) is 11.8 Å². The minimum atomic E-state index is -0.247. The molecule has 5 heteroatoms. The van der Waals surface area contributed by atoms with Crippen LogP contribution in [-0.2, 0) is 10.2 Å². The van der Waals surface area contributed by atoms with Crippen LogP contribution in [0.2, 0.25) is 0 Å². The molecule has 0 heterocycles. The topological polar surface area (TPSA) is 58.6 Å². The molecule has 0 aromatic heterocycles. The molecule has 2 aromatic rings. The molecule has 28 heavy (non-hydrogen) atoms. The Labute approximate surface area is 167 Å². The molecule has 0 atom stereocenters. The number of anilines is 1. The van der Waals surface area contributed by atoms with Crippen LogP contribution in [0, 0.1) is 0 Å². The first kappa shape index (κ1) is 21.5. The molecule has 0 spiro atoms. The van der Waals surface area contributed by atoms with Crippen molar-refractivity contribution in [2.75, 3.05) is 25.0 Å². The third-order valence-electron chi connectivity index (χ3n) is 4.56. The summed E-state index contributed by atoms with van der Waals surface area (Å²) in [6.07, 6.45) is 0. The van der Waals surface area contributed by atoms with Gasteiger partial charge in [-0.25, -0.2) is 0 Å². The van der Waals surface area contributed by atoms with Gasteiger partial charge in [-0.2, -0.15) is 0 Å². The molecular formula is C23H30N2O3. The number of benzene rings is 2. The summed E-state index contributed by atoms with van der Waals surface area (Å²) in [5, 5.41) is 2.78. The molecule has 0 aliphatic rings. The van der Waals surface area contributed by atoms with Crippen LogP contribution in [0.5, 0.6) is 5.75 Å². The highest BCUT2D eigenvalue weighted by molar-refractivity contribution is 5.96. The number of ether oxygens (including phenoxy) is 1. The maximum atomic E-state index is 12.3. The highest BCUT2D eigenvalue weighted by atomic mass is 16.5. The molecular weight excluding hydrogens is 352 g/mol. The highest BCUT2D eigenvalue weighted by Crippen LogP contribution is 2.24. The maximum Gasteiger partial charge on any atom is 0.262 e. The predicted octanol–water partition coefficient (Wildman–Crippen LogP) is 4.48. The zero-order valence-electron chi connectivity index (χ0n) is 17.4. The Morgan fingerprint density at radius 2 is 1.50 bits per heavy atom. The minimum Gasteiger partial charge on any atom is -0.484 e. The lowest BCUT2D eigenvalue weighted by Gasteiger charge is -2.19. The minimum absolute atomic E-state index is 0.00934. The number of carbonyl (C=O) groups excluding carboxylic acids is 2. The van der Waals surface area contributed by atoms with E-state index in [-0.39, 0.29) is 23.8 Å². The summed E-state index contributed by atoms with van der Waals surface area (Å²) >= 11 is 0. The number of hydrogen-bond donors (Lipinski definition) is 1. The molecule has 2 rings (SSSR count). The third kappa shape index (κ3) is 5.84. The molecule has 2 aromatic carbocycles. The van der Waals surface area contributed by atoms with Crippen LogP contribution in [-0.4, -0.2) is 36.4 Å². The standard InChI is InChI=1S/C23H30N2O3/c1-6-25(7-2)22(27)17-8-12-19(13-9-17)24-21(26)16-28-20-14-10-18(11-15-20)23(3,4)5/h8-15H,6-7,16H2,1-5H3,(H,24,26). The van der Waals surface area contributed by atoms with E-state index in [2.05, 4.69) is 26.1 Å². The summed E-state index contributed by atoms with van der Waals surface area (Å²) in [4.78, 5) is 26.2. The summed E-state index contributed by atoms with van der Waals surface area (Å²) in [5.41, 5.74) is 2.53. The fraction of sp³-hybridized carbons (Fsp3) is 0.391. The van der Waals surface area contributed by atoms with Crippen LogP contribution in [0.3, 0.4) is 0 Å². The molecule has 0 bridgehead atoms. The van der Waals surface area contributed by atoms with Crippen molar-refractivity contribution < 1.29 is 14.3 Å². The van der Waals surface area contributed by atoms with Gasteiger partial charge in [-0.15, -0.1) is 0 Å². The first-order chi connectivity index (χ1) is 13.2. The fourth-order valence-corrected chi connectivity index (χ4v) is 2.79. The van der Waals surface area contributed by atoms with Crippen molar-refractivity contribution in [3.05, 3.63) is 59.7 Å². The van der Waals surface area contributed by atoms with Gasteiger partial charge in [0, 0.05) is 24.3 Å². The van der Waals surface area contributed by atoms with E-state index in [0.29, 0.717) is 30.1 Å². The van der Waals surface area contributed by atoms with Gasteiger partial charge in [0.15, 0.2) is 6.61 Å². The van der Waals surface area contributed by atoms with Crippen LogP contribution in [0.4, 0.5) is 5.69 Å². The van der Waals surface area contributed by atoms with Gasteiger partial charge in [-0.3, -0.25) is 9.59 Å². The summed E-state index contributed by atoms with van der Waals surface area (Å²) in [7, 11) is 0. The summed E-state index contributed by atoms with van der Waals surface area (Å²) in [6, 6.07) is 14.7. The normalized spacial score (nSPS) is 11.0. The van der Waals surface area contributed by atoms with Crippen molar-refractivity contribution in [1.29, 1.82) is 0 Å². The molecule has 0 unspecified atom stereocenters. The SMILES string of the molecule is CCN(CC)C(=O)c1ccc(NC(=O)COc2ccc(C(C)(C)C)cc2)cc1. The second-order valence-electron chi connectivity index (χ2n) is 7.67. The van der Waals surface area contributed by atoms with Crippen LogP contribution < -0.4 is 10.1 Å². The Morgan fingerprint density at radius 1 is 0.929 bits per heavy atom. The lowest BCUT2D eigenvalue weighted by Crippen LogP contribution is -2.30. The number of hydrogen-bond acceptors (Lipinski definition) is 3. The van der Waals surface area contributed by atoms with E-state index in [0.717, 1.165) is 0 Å². The van der Waals surface area contributed by atoms with Crippen LogP contribution in [0.25, 0.3) is 0 Å². The quantitative estimate of drug-likeness (QED) is 0.768. The Morgan fingerprint density at radius 3 is 2.00 bits per heavy atom. The van der Waals surface area contributed by atoms with Crippen molar-refractivity contribution in [1.82, 2.24) is 4.90 Å². The van der Waals surface area contributed by atoms with E-state index in [9.17, 15) is 9.59 Å². The summed E-state index contributed by atoms with van der Waals surface area (Å²) < 4.78 is 5.56. The first-order valence-electron chi connectivity index (χ1n) is 9.67. The number of nitrogens with zero attached hydrogens (tertiary/aromatic N) is 1. The van der Waals surface area contributed by atoms with Gasteiger partial charge in [0.2, 0.25) is 0 Å². The van der Waals surface area contributed by atoms with Gasteiger partial charge in [-0.05, 0) is 61.2 Å².